The van der Waals surface area contributed by atoms with Gasteiger partial charge in [-0.25, -0.2) is 13.1 Å². The molecule has 7 nitrogen and oxygen atoms in total. The summed E-state index contributed by atoms with van der Waals surface area (Å²) in [5.41, 5.74) is 0.652. The quantitative estimate of drug-likeness (QED) is 0.568. The van der Waals surface area contributed by atoms with Crippen molar-refractivity contribution in [3.05, 3.63) is 53.1 Å². The number of halogens is 1. The van der Waals surface area contributed by atoms with Crippen molar-refractivity contribution in [2.24, 2.45) is 0 Å². The van der Waals surface area contributed by atoms with Gasteiger partial charge >= 0.3 is 0 Å². The van der Waals surface area contributed by atoms with E-state index < -0.39 is 15.9 Å². The highest BCUT2D eigenvalue weighted by atomic mass is 35.5. The predicted molar refractivity (Wildman–Crippen MR) is 109 cm³/mol. The standard InChI is InChI=1S/C19H23ClN2O5S/c1-3-27-18-10-9-16(28(24,25)21-11-4-12-26-2)13-17(18)22-19(23)14-5-7-15(20)8-6-14/h5-10,13,21H,3-4,11-12H2,1-2H3,(H,22,23). The molecule has 0 heterocycles. The van der Waals surface area contributed by atoms with Crippen molar-refractivity contribution < 1.29 is 22.7 Å². The summed E-state index contributed by atoms with van der Waals surface area (Å²) >= 11 is 5.84. The zero-order chi connectivity index (χ0) is 20.6. The number of anilines is 1. The highest BCUT2D eigenvalue weighted by Crippen LogP contribution is 2.28. The first-order valence-electron chi connectivity index (χ1n) is 8.69. The van der Waals surface area contributed by atoms with Crippen LogP contribution in [0.2, 0.25) is 5.02 Å². The molecule has 0 aliphatic heterocycles. The minimum Gasteiger partial charge on any atom is -0.492 e. The molecule has 0 saturated carbocycles. The Morgan fingerprint density at radius 3 is 2.50 bits per heavy atom. The van der Waals surface area contributed by atoms with Crippen LogP contribution in [0.25, 0.3) is 0 Å². The molecule has 2 N–H and O–H groups in total. The van der Waals surface area contributed by atoms with Crippen molar-refractivity contribution >= 4 is 33.2 Å². The van der Waals surface area contributed by atoms with Crippen LogP contribution in [0.3, 0.4) is 0 Å². The molecule has 0 atom stereocenters. The van der Waals surface area contributed by atoms with E-state index in [1.54, 1.807) is 38.3 Å². The number of amides is 1. The van der Waals surface area contributed by atoms with Crippen LogP contribution in [0, 0.1) is 0 Å². The largest absolute Gasteiger partial charge is 0.492 e. The summed E-state index contributed by atoms with van der Waals surface area (Å²) < 4.78 is 37.9. The number of hydrogen-bond acceptors (Lipinski definition) is 5. The van der Waals surface area contributed by atoms with Gasteiger partial charge in [0.05, 0.1) is 17.2 Å². The van der Waals surface area contributed by atoms with E-state index in [4.69, 9.17) is 21.1 Å². The second-order valence-electron chi connectivity index (χ2n) is 5.80. The van der Waals surface area contributed by atoms with Crippen molar-refractivity contribution in [3.8, 4) is 5.75 Å². The van der Waals surface area contributed by atoms with Crippen molar-refractivity contribution in [1.29, 1.82) is 0 Å². The van der Waals surface area contributed by atoms with E-state index in [2.05, 4.69) is 10.0 Å². The lowest BCUT2D eigenvalue weighted by atomic mass is 10.2. The topological polar surface area (TPSA) is 93.7 Å². The molecule has 2 aromatic rings. The van der Waals surface area contributed by atoms with Crippen molar-refractivity contribution in [1.82, 2.24) is 4.72 Å². The second kappa shape index (κ2) is 10.4. The van der Waals surface area contributed by atoms with Crippen LogP contribution in [0.15, 0.2) is 47.4 Å². The minimum atomic E-state index is -3.73. The average Bonchev–Trinajstić information content (AvgIpc) is 2.67. The van der Waals surface area contributed by atoms with Gasteiger partial charge < -0.3 is 14.8 Å². The summed E-state index contributed by atoms with van der Waals surface area (Å²) in [6, 6.07) is 10.7. The Morgan fingerprint density at radius 2 is 1.86 bits per heavy atom. The molecule has 0 radical (unpaired) electrons. The summed E-state index contributed by atoms with van der Waals surface area (Å²) in [6.07, 6.45) is 0.549. The Kier molecular flexibility index (Phi) is 8.25. The minimum absolute atomic E-state index is 0.0276. The Labute approximate surface area is 170 Å². The third-order valence-corrected chi connectivity index (χ3v) is 5.44. The molecule has 0 aliphatic rings. The van der Waals surface area contributed by atoms with Crippen molar-refractivity contribution in [3.63, 3.8) is 0 Å². The summed E-state index contributed by atoms with van der Waals surface area (Å²) in [7, 11) is -2.18. The molecule has 1 amide bonds. The molecule has 0 spiro atoms. The maximum absolute atomic E-state index is 12.5. The van der Waals surface area contributed by atoms with Crippen LogP contribution in [0.1, 0.15) is 23.7 Å². The highest BCUT2D eigenvalue weighted by molar-refractivity contribution is 7.89. The normalized spacial score (nSPS) is 11.2. The lowest BCUT2D eigenvalue weighted by Crippen LogP contribution is -2.25. The molecule has 0 fully saturated rings. The van der Waals surface area contributed by atoms with Crippen molar-refractivity contribution in [2.45, 2.75) is 18.2 Å². The lowest BCUT2D eigenvalue weighted by molar-refractivity contribution is 0.102. The highest BCUT2D eigenvalue weighted by Gasteiger charge is 2.18. The number of benzene rings is 2. The Morgan fingerprint density at radius 1 is 1.14 bits per heavy atom. The van der Waals surface area contributed by atoms with Gasteiger partial charge in [0.1, 0.15) is 5.75 Å². The summed E-state index contributed by atoms with van der Waals surface area (Å²) in [5.74, 6) is -0.0247. The monoisotopic (exact) mass is 426 g/mol. The van der Waals surface area contributed by atoms with Gasteiger partial charge in [-0.2, -0.15) is 0 Å². The van der Waals surface area contributed by atoms with Crippen LogP contribution >= 0.6 is 11.6 Å². The number of hydrogen-bond donors (Lipinski definition) is 2. The summed E-state index contributed by atoms with van der Waals surface area (Å²) in [6.45, 7) is 2.86. The number of nitrogens with one attached hydrogen (secondary N) is 2. The molecule has 152 valence electrons. The zero-order valence-corrected chi connectivity index (χ0v) is 17.3. The van der Waals surface area contributed by atoms with Crippen LogP contribution in [-0.4, -0.2) is 41.2 Å². The summed E-state index contributed by atoms with van der Waals surface area (Å²) in [5, 5.41) is 3.21. The van der Waals surface area contributed by atoms with E-state index in [9.17, 15) is 13.2 Å². The van der Waals surface area contributed by atoms with E-state index in [1.807, 2.05) is 0 Å². The maximum Gasteiger partial charge on any atom is 0.255 e. The van der Waals surface area contributed by atoms with Crippen LogP contribution in [-0.2, 0) is 14.8 Å². The van der Waals surface area contributed by atoms with E-state index >= 15 is 0 Å². The average molecular weight is 427 g/mol. The fraction of sp³-hybridized carbons (Fsp3) is 0.316. The van der Waals surface area contributed by atoms with Gasteiger partial charge in [0.25, 0.3) is 5.91 Å². The molecule has 28 heavy (non-hydrogen) atoms. The molecule has 2 rings (SSSR count). The number of carbonyl (C=O) groups is 1. The molecular formula is C19H23ClN2O5S. The molecule has 0 unspecified atom stereocenters. The lowest BCUT2D eigenvalue weighted by Gasteiger charge is -2.14. The molecule has 0 aromatic heterocycles. The van der Waals surface area contributed by atoms with Gasteiger partial charge in [0.15, 0.2) is 0 Å². The second-order valence-corrected chi connectivity index (χ2v) is 8.00. The van der Waals surface area contributed by atoms with Gasteiger partial charge in [-0.15, -0.1) is 0 Å². The predicted octanol–water partition coefficient (Wildman–Crippen LogP) is 3.31. The first-order valence-corrected chi connectivity index (χ1v) is 10.6. The number of ether oxygens (including phenoxy) is 2. The van der Waals surface area contributed by atoms with Crippen LogP contribution in [0.4, 0.5) is 5.69 Å². The first-order chi connectivity index (χ1) is 13.4. The van der Waals surface area contributed by atoms with Gasteiger partial charge in [0, 0.05) is 30.8 Å². The fourth-order valence-electron chi connectivity index (χ4n) is 2.36. The Hall–Kier alpha value is -2.13. The van der Waals surface area contributed by atoms with Crippen molar-refractivity contribution in [2.75, 3.05) is 32.2 Å². The molecular weight excluding hydrogens is 404 g/mol. The van der Waals surface area contributed by atoms with E-state index in [0.717, 1.165) is 0 Å². The third-order valence-electron chi connectivity index (χ3n) is 3.73. The van der Waals surface area contributed by atoms with E-state index in [-0.39, 0.29) is 17.1 Å². The molecule has 0 aliphatic carbocycles. The van der Waals surface area contributed by atoms with Gasteiger partial charge in [-0.3, -0.25) is 4.79 Å². The molecule has 9 heteroatoms. The van der Waals surface area contributed by atoms with Crippen LogP contribution in [0.5, 0.6) is 5.75 Å². The molecule has 0 saturated heterocycles. The van der Waals surface area contributed by atoms with Gasteiger partial charge in [0.2, 0.25) is 10.0 Å². The van der Waals surface area contributed by atoms with Crippen LogP contribution < -0.4 is 14.8 Å². The fourth-order valence-corrected chi connectivity index (χ4v) is 3.58. The van der Waals surface area contributed by atoms with Gasteiger partial charge in [-0.1, -0.05) is 11.6 Å². The maximum atomic E-state index is 12.5. The smallest absolute Gasteiger partial charge is 0.255 e. The number of sulfonamides is 1. The number of methoxy groups -OCH3 is 1. The third kappa shape index (κ3) is 6.20. The van der Waals surface area contributed by atoms with E-state index in [0.29, 0.717) is 36.0 Å². The zero-order valence-electron chi connectivity index (χ0n) is 15.7. The SMILES string of the molecule is CCOc1ccc(S(=O)(=O)NCCCOC)cc1NC(=O)c1ccc(Cl)cc1. The van der Waals surface area contributed by atoms with E-state index in [1.165, 1.54) is 18.2 Å². The molecule has 0 bridgehead atoms. The number of rotatable bonds is 10. The Balaban J connectivity index is 2.24. The Bertz CT molecular complexity index is 901. The van der Waals surface area contributed by atoms with Gasteiger partial charge in [-0.05, 0) is 55.8 Å². The summed E-state index contributed by atoms with van der Waals surface area (Å²) in [4.78, 5) is 12.5. The first kappa shape index (κ1) is 22.2. The number of carbonyl (C=O) groups excluding carboxylic acids is 1. The molecule has 2 aromatic carbocycles.